The van der Waals surface area contributed by atoms with Gasteiger partial charge in [0.1, 0.15) is 0 Å². The number of carbonyl (C=O) groups is 3. The molecule has 138 valence electrons. The van der Waals surface area contributed by atoms with Gasteiger partial charge in [0.2, 0.25) is 17.7 Å². The Morgan fingerprint density at radius 3 is 2.25 bits per heavy atom. The minimum Gasteiger partial charge on any atom is -0.375 e. The van der Waals surface area contributed by atoms with E-state index in [4.69, 9.17) is 4.74 Å². The Balaban J connectivity index is 2.33. The molecule has 1 saturated heterocycles. The topological polar surface area (TPSA) is 75.7 Å². The lowest BCUT2D eigenvalue weighted by atomic mass is 10.00. The number of rotatable bonds is 10. The summed E-state index contributed by atoms with van der Waals surface area (Å²) in [6.07, 6.45) is 3.43. The van der Waals surface area contributed by atoms with Crippen molar-refractivity contribution in [3.05, 3.63) is 0 Å². The molecule has 0 aromatic carbocycles. The number of imide groups is 1. The Kier molecular flexibility index (Phi) is 7.39. The van der Waals surface area contributed by atoms with Crippen LogP contribution in [0, 0.1) is 0 Å². The van der Waals surface area contributed by atoms with E-state index in [2.05, 4.69) is 26.1 Å². The highest BCUT2D eigenvalue weighted by atomic mass is 16.5. The molecule has 1 rings (SSSR count). The van der Waals surface area contributed by atoms with Crippen molar-refractivity contribution in [1.29, 1.82) is 0 Å². The fraction of sp³-hybridized carbons (Fsp3) is 0.833. The van der Waals surface area contributed by atoms with Crippen molar-refractivity contribution in [2.24, 2.45) is 0 Å². The molecule has 0 aromatic heterocycles. The Bertz CT molecular complexity index is 456. The highest BCUT2D eigenvalue weighted by molar-refractivity contribution is 6.02. The second-order valence-electron chi connectivity index (χ2n) is 7.73. The molecule has 24 heavy (non-hydrogen) atoms. The third kappa shape index (κ3) is 6.99. The second-order valence-corrected chi connectivity index (χ2v) is 7.73. The Morgan fingerprint density at radius 2 is 1.71 bits per heavy atom. The summed E-state index contributed by atoms with van der Waals surface area (Å²) < 4.78 is 5.91. The quantitative estimate of drug-likeness (QED) is 0.620. The number of ether oxygens (including phenoxy) is 1. The van der Waals surface area contributed by atoms with Crippen LogP contribution in [0.15, 0.2) is 0 Å². The molecule has 0 saturated carbocycles. The first-order chi connectivity index (χ1) is 11.1. The molecule has 0 bridgehead atoms. The van der Waals surface area contributed by atoms with Crippen molar-refractivity contribution in [3.8, 4) is 0 Å². The molecule has 1 fully saturated rings. The van der Waals surface area contributed by atoms with Crippen LogP contribution in [0.25, 0.3) is 0 Å². The van der Waals surface area contributed by atoms with E-state index in [9.17, 15) is 14.4 Å². The molecular formula is C18H32N2O4. The van der Waals surface area contributed by atoms with E-state index in [-0.39, 0.29) is 49.1 Å². The summed E-state index contributed by atoms with van der Waals surface area (Å²) in [5.74, 6) is -0.516. The fourth-order valence-corrected chi connectivity index (χ4v) is 2.84. The van der Waals surface area contributed by atoms with Crippen LogP contribution in [0.2, 0.25) is 0 Å². The van der Waals surface area contributed by atoms with Gasteiger partial charge in [-0.3, -0.25) is 19.3 Å². The SMILES string of the molecule is CCCC(C)(C)OCCC(C)(C)NC(=O)CCN1C(=O)CCC1=O. The van der Waals surface area contributed by atoms with Crippen molar-refractivity contribution in [3.63, 3.8) is 0 Å². The molecule has 1 heterocycles. The van der Waals surface area contributed by atoms with Crippen molar-refractivity contribution < 1.29 is 19.1 Å². The Labute approximate surface area is 145 Å². The number of amides is 3. The van der Waals surface area contributed by atoms with Crippen LogP contribution >= 0.6 is 0 Å². The summed E-state index contributed by atoms with van der Waals surface area (Å²) in [5.41, 5.74) is -0.538. The highest BCUT2D eigenvalue weighted by Gasteiger charge is 2.29. The lowest BCUT2D eigenvalue weighted by Gasteiger charge is -2.30. The van der Waals surface area contributed by atoms with E-state index in [1.165, 1.54) is 4.90 Å². The van der Waals surface area contributed by atoms with Gasteiger partial charge in [0.05, 0.1) is 5.60 Å². The molecule has 6 nitrogen and oxygen atoms in total. The van der Waals surface area contributed by atoms with Gasteiger partial charge in [-0.2, -0.15) is 0 Å². The average molecular weight is 340 g/mol. The van der Waals surface area contributed by atoms with Crippen molar-refractivity contribution in [2.45, 2.75) is 84.3 Å². The number of hydrogen-bond acceptors (Lipinski definition) is 4. The van der Waals surface area contributed by atoms with Gasteiger partial charge in [-0.25, -0.2) is 0 Å². The fourth-order valence-electron chi connectivity index (χ4n) is 2.84. The van der Waals surface area contributed by atoms with Gasteiger partial charge in [-0.15, -0.1) is 0 Å². The van der Waals surface area contributed by atoms with Crippen LogP contribution in [0.5, 0.6) is 0 Å². The zero-order valence-corrected chi connectivity index (χ0v) is 15.7. The lowest BCUT2D eigenvalue weighted by molar-refractivity contribution is -0.138. The molecule has 0 atom stereocenters. The zero-order valence-electron chi connectivity index (χ0n) is 15.7. The summed E-state index contributed by atoms with van der Waals surface area (Å²) in [7, 11) is 0. The van der Waals surface area contributed by atoms with Crippen molar-refractivity contribution >= 4 is 17.7 Å². The standard InChI is InChI=1S/C18H32N2O4/c1-6-10-18(4,5)24-13-11-17(2,3)19-14(21)9-12-20-15(22)7-8-16(20)23/h6-13H2,1-5H3,(H,19,21). The largest absolute Gasteiger partial charge is 0.375 e. The maximum Gasteiger partial charge on any atom is 0.229 e. The van der Waals surface area contributed by atoms with Crippen LogP contribution in [-0.2, 0) is 19.1 Å². The van der Waals surface area contributed by atoms with Gasteiger partial charge in [0.15, 0.2) is 0 Å². The summed E-state index contributed by atoms with van der Waals surface area (Å²) in [5, 5.41) is 2.96. The first-order valence-corrected chi connectivity index (χ1v) is 8.84. The maximum atomic E-state index is 12.1. The molecule has 0 spiro atoms. The van der Waals surface area contributed by atoms with Crippen LogP contribution in [0.4, 0.5) is 0 Å². The van der Waals surface area contributed by atoms with E-state index in [1.807, 2.05) is 13.8 Å². The number of likely N-dealkylation sites (tertiary alicyclic amines) is 1. The van der Waals surface area contributed by atoms with Crippen LogP contribution in [0.1, 0.15) is 73.1 Å². The van der Waals surface area contributed by atoms with E-state index in [1.54, 1.807) is 0 Å². The van der Waals surface area contributed by atoms with Crippen molar-refractivity contribution in [1.82, 2.24) is 10.2 Å². The summed E-state index contributed by atoms with van der Waals surface area (Å²) in [6, 6.07) is 0. The molecule has 0 aromatic rings. The Hall–Kier alpha value is -1.43. The van der Waals surface area contributed by atoms with Gasteiger partial charge in [0.25, 0.3) is 0 Å². The van der Waals surface area contributed by atoms with E-state index in [0.717, 1.165) is 12.8 Å². The number of hydrogen-bond donors (Lipinski definition) is 1. The van der Waals surface area contributed by atoms with E-state index in [0.29, 0.717) is 13.0 Å². The summed E-state index contributed by atoms with van der Waals surface area (Å²) in [6.45, 7) is 10.9. The molecule has 1 aliphatic rings. The molecule has 0 radical (unpaired) electrons. The second kappa shape index (κ2) is 8.60. The molecule has 3 amide bonds. The maximum absolute atomic E-state index is 12.1. The molecule has 0 aliphatic carbocycles. The normalized spacial score (nSPS) is 16.0. The summed E-state index contributed by atoms with van der Waals surface area (Å²) in [4.78, 5) is 36.3. The number of nitrogens with one attached hydrogen (secondary N) is 1. The molecule has 1 aliphatic heterocycles. The molecular weight excluding hydrogens is 308 g/mol. The average Bonchev–Trinajstić information content (AvgIpc) is 2.74. The number of nitrogens with zero attached hydrogens (tertiary/aromatic N) is 1. The number of carbonyl (C=O) groups excluding carboxylic acids is 3. The third-order valence-electron chi connectivity index (χ3n) is 4.27. The molecule has 0 unspecified atom stereocenters. The van der Waals surface area contributed by atoms with E-state index < -0.39 is 5.54 Å². The minimum atomic E-state index is -0.390. The summed E-state index contributed by atoms with van der Waals surface area (Å²) >= 11 is 0. The monoisotopic (exact) mass is 340 g/mol. The minimum absolute atomic E-state index is 0.142. The van der Waals surface area contributed by atoms with Gasteiger partial charge < -0.3 is 10.1 Å². The predicted molar refractivity (Wildman–Crippen MR) is 92.3 cm³/mol. The van der Waals surface area contributed by atoms with Gasteiger partial charge in [0, 0.05) is 38.0 Å². The van der Waals surface area contributed by atoms with Crippen molar-refractivity contribution in [2.75, 3.05) is 13.2 Å². The van der Waals surface area contributed by atoms with Crippen LogP contribution < -0.4 is 5.32 Å². The van der Waals surface area contributed by atoms with Gasteiger partial charge in [-0.1, -0.05) is 13.3 Å². The molecule has 1 N–H and O–H groups in total. The van der Waals surface area contributed by atoms with Crippen LogP contribution in [0.3, 0.4) is 0 Å². The van der Waals surface area contributed by atoms with Gasteiger partial charge in [-0.05, 0) is 40.5 Å². The third-order valence-corrected chi connectivity index (χ3v) is 4.27. The highest BCUT2D eigenvalue weighted by Crippen LogP contribution is 2.19. The lowest BCUT2D eigenvalue weighted by Crippen LogP contribution is -2.46. The Morgan fingerprint density at radius 1 is 1.12 bits per heavy atom. The predicted octanol–water partition coefficient (Wildman–Crippen LogP) is 2.41. The first-order valence-electron chi connectivity index (χ1n) is 8.84. The smallest absolute Gasteiger partial charge is 0.229 e. The van der Waals surface area contributed by atoms with E-state index >= 15 is 0 Å². The molecule has 6 heteroatoms. The first kappa shape index (κ1) is 20.6. The zero-order chi connectivity index (χ0) is 18.4. The van der Waals surface area contributed by atoms with Crippen LogP contribution in [-0.4, -0.2) is 46.9 Å². The van der Waals surface area contributed by atoms with Gasteiger partial charge >= 0.3 is 0 Å².